The van der Waals surface area contributed by atoms with Gasteiger partial charge in [-0.1, -0.05) is 60.7 Å². The van der Waals surface area contributed by atoms with Gasteiger partial charge in [-0.2, -0.15) is 0 Å². The summed E-state index contributed by atoms with van der Waals surface area (Å²) in [4.78, 5) is 0. The molecule has 24 heavy (non-hydrogen) atoms. The molecule has 128 valence electrons. The summed E-state index contributed by atoms with van der Waals surface area (Å²) in [7, 11) is 0. The first-order valence-corrected chi connectivity index (χ1v) is 8.63. The summed E-state index contributed by atoms with van der Waals surface area (Å²) in [5, 5.41) is 27.4. The molecule has 0 spiro atoms. The Morgan fingerprint density at radius 1 is 0.667 bits per heavy atom. The minimum Gasteiger partial charge on any atom is -0.391 e. The highest BCUT2D eigenvalue weighted by atomic mass is 16.3. The van der Waals surface area contributed by atoms with Crippen LogP contribution < -0.4 is 10.6 Å². The number of rotatable bonds is 6. The molecule has 2 aromatic rings. The van der Waals surface area contributed by atoms with Gasteiger partial charge in [-0.3, -0.25) is 0 Å². The molecule has 1 saturated carbocycles. The highest BCUT2D eigenvalue weighted by Gasteiger charge is 2.34. The largest absolute Gasteiger partial charge is 0.391 e. The zero-order chi connectivity index (χ0) is 16.8. The van der Waals surface area contributed by atoms with Gasteiger partial charge in [0.1, 0.15) is 0 Å². The minimum atomic E-state index is -0.515. The van der Waals surface area contributed by atoms with Crippen molar-refractivity contribution in [1.82, 2.24) is 10.6 Å². The highest BCUT2D eigenvalue weighted by Crippen LogP contribution is 2.21. The maximum atomic E-state index is 10.3. The smallest absolute Gasteiger partial charge is 0.0719 e. The van der Waals surface area contributed by atoms with Crippen LogP contribution in [0, 0.1) is 0 Å². The summed E-state index contributed by atoms with van der Waals surface area (Å²) in [6, 6.07) is 20.3. The first-order chi connectivity index (χ1) is 11.7. The van der Waals surface area contributed by atoms with Gasteiger partial charge in [-0.25, -0.2) is 0 Å². The van der Waals surface area contributed by atoms with Crippen molar-refractivity contribution in [3.63, 3.8) is 0 Å². The fraction of sp³-hybridized carbons (Fsp3) is 0.400. The Morgan fingerprint density at radius 3 is 1.50 bits per heavy atom. The summed E-state index contributed by atoms with van der Waals surface area (Å²) in [5.74, 6) is 0. The lowest BCUT2D eigenvalue weighted by Crippen LogP contribution is -2.55. The quantitative estimate of drug-likeness (QED) is 0.654. The lowest BCUT2D eigenvalue weighted by atomic mass is 9.86. The van der Waals surface area contributed by atoms with Crippen LogP contribution in [0.4, 0.5) is 0 Å². The van der Waals surface area contributed by atoms with Crippen molar-refractivity contribution >= 4 is 0 Å². The Hall–Kier alpha value is -1.72. The van der Waals surface area contributed by atoms with Crippen molar-refractivity contribution < 1.29 is 10.2 Å². The molecular weight excluding hydrogens is 300 g/mol. The van der Waals surface area contributed by atoms with E-state index in [9.17, 15) is 10.2 Å². The van der Waals surface area contributed by atoms with Gasteiger partial charge in [-0.05, 0) is 17.5 Å². The van der Waals surface area contributed by atoms with Gasteiger partial charge in [0, 0.05) is 31.6 Å². The van der Waals surface area contributed by atoms with E-state index in [1.54, 1.807) is 0 Å². The maximum absolute atomic E-state index is 10.3. The van der Waals surface area contributed by atoms with Crippen LogP contribution in [0.15, 0.2) is 60.7 Å². The van der Waals surface area contributed by atoms with Crippen molar-refractivity contribution in [2.24, 2.45) is 0 Å². The number of aliphatic hydroxyl groups is 2. The molecular formula is C20H26N2O2. The number of nitrogens with one attached hydrogen (secondary N) is 2. The zero-order valence-electron chi connectivity index (χ0n) is 13.8. The Balaban J connectivity index is 1.53. The molecule has 0 heterocycles. The van der Waals surface area contributed by atoms with Gasteiger partial charge in [0.15, 0.2) is 0 Å². The van der Waals surface area contributed by atoms with E-state index in [1.165, 1.54) is 11.1 Å². The van der Waals surface area contributed by atoms with Gasteiger partial charge >= 0.3 is 0 Å². The first-order valence-electron chi connectivity index (χ1n) is 8.63. The van der Waals surface area contributed by atoms with E-state index >= 15 is 0 Å². The van der Waals surface area contributed by atoms with Crippen LogP contribution in [-0.4, -0.2) is 34.5 Å². The van der Waals surface area contributed by atoms with Crippen molar-refractivity contribution in [3.8, 4) is 0 Å². The van der Waals surface area contributed by atoms with Crippen LogP contribution in [-0.2, 0) is 13.1 Å². The van der Waals surface area contributed by atoms with E-state index in [2.05, 4.69) is 34.9 Å². The van der Waals surface area contributed by atoms with Crippen LogP contribution in [0.1, 0.15) is 24.0 Å². The number of benzene rings is 2. The van der Waals surface area contributed by atoms with Crippen LogP contribution in [0.5, 0.6) is 0 Å². The second kappa shape index (κ2) is 8.40. The third-order valence-corrected chi connectivity index (χ3v) is 4.74. The van der Waals surface area contributed by atoms with Gasteiger partial charge in [-0.15, -0.1) is 0 Å². The lowest BCUT2D eigenvalue weighted by molar-refractivity contribution is -0.00520. The molecule has 3 rings (SSSR count). The molecule has 1 aliphatic rings. The summed E-state index contributed by atoms with van der Waals surface area (Å²) < 4.78 is 0. The fourth-order valence-corrected chi connectivity index (χ4v) is 3.29. The number of hydrogen-bond acceptors (Lipinski definition) is 4. The maximum Gasteiger partial charge on any atom is 0.0719 e. The van der Waals surface area contributed by atoms with Crippen LogP contribution >= 0.6 is 0 Å². The zero-order valence-corrected chi connectivity index (χ0v) is 13.8. The van der Waals surface area contributed by atoms with E-state index in [0.717, 1.165) is 13.1 Å². The molecule has 1 aliphatic carbocycles. The van der Waals surface area contributed by atoms with E-state index in [1.807, 2.05) is 36.4 Å². The average Bonchev–Trinajstić information content (AvgIpc) is 2.62. The van der Waals surface area contributed by atoms with Crippen molar-refractivity contribution in [1.29, 1.82) is 0 Å². The molecule has 0 saturated heterocycles. The topological polar surface area (TPSA) is 64.5 Å². The normalized spacial score (nSPS) is 27.1. The van der Waals surface area contributed by atoms with Gasteiger partial charge < -0.3 is 20.8 Å². The third kappa shape index (κ3) is 4.65. The molecule has 1 fully saturated rings. The van der Waals surface area contributed by atoms with Crippen LogP contribution in [0.2, 0.25) is 0 Å². The Kier molecular flexibility index (Phi) is 5.99. The number of aliphatic hydroxyl groups excluding tert-OH is 2. The highest BCUT2D eigenvalue weighted by molar-refractivity contribution is 5.15. The summed E-state index contributed by atoms with van der Waals surface area (Å²) in [6.07, 6.45) is 0.0814. The Morgan fingerprint density at radius 2 is 1.08 bits per heavy atom. The summed E-state index contributed by atoms with van der Waals surface area (Å²) in [5.41, 5.74) is 2.40. The van der Waals surface area contributed by atoms with E-state index in [4.69, 9.17) is 0 Å². The van der Waals surface area contributed by atoms with E-state index < -0.39 is 12.2 Å². The standard InChI is InChI=1S/C20H26N2O2/c23-19-12-20(24)18(22-14-16-9-5-2-6-10-16)11-17(19)21-13-15-7-3-1-4-8-15/h1-10,17-24H,11-14H2/t17-,18+,19-,20+. The molecule has 0 unspecified atom stereocenters. The lowest BCUT2D eigenvalue weighted by Gasteiger charge is -2.38. The molecule has 0 aliphatic heterocycles. The van der Waals surface area contributed by atoms with Crippen molar-refractivity contribution in [3.05, 3.63) is 71.8 Å². The second-order valence-corrected chi connectivity index (χ2v) is 6.55. The second-order valence-electron chi connectivity index (χ2n) is 6.55. The third-order valence-electron chi connectivity index (χ3n) is 4.74. The molecule has 0 radical (unpaired) electrons. The van der Waals surface area contributed by atoms with Gasteiger partial charge in [0.25, 0.3) is 0 Å². The predicted octanol–water partition coefficient (Wildman–Crippen LogP) is 1.82. The Labute approximate surface area is 143 Å². The van der Waals surface area contributed by atoms with Crippen LogP contribution in [0.3, 0.4) is 0 Å². The molecule has 2 aromatic carbocycles. The predicted molar refractivity (Wildman–Crippen MR) is 95.4 cm³/mol. The molecule has 4 N–H and O–H groups in total. The van der Waals surface area contributed by atoms with Gasteiger partial charge in [0.2, 0.25) is 0 Å². The SMILES string of the molecule is O[C@@H]1C[C@H](O)[C@@H](NCc2ccccc2)C[C@H]1NCc1ccccc1. The Bertz CT molecular complexity index is 552. The summed E-state index contributed by atoms with van der Waals surface area (Å²) >= 11 is 0. The van der Waals surface area contributed by atoms with E-state index in [-0.39, 0.29) is 12.1 Å². The summed E-state index contributed by atoms with van der Waals surface area (Å²) in [6.45, 7) is 1.45. The molecule has 0 amide bonds. The monoisotopic (exact) mass is 326 g/mol. The van der Waals surface area contributed by atoms with Crippen LogP contribution in [0.25, 0.3) is 0 Å². The average molecular weight is 326 g/mol. The van der Waals surface area contributed by atoms with E-state index in [0.29, 0.717) is 12.8 Å². The molecule has 4 nitrogen and oxygen atoms in total. The number of hydrogen-bond donors (Lipinski definition) is 4. The fourth-order valence-electron chi connectivity index (χ4n) is 3.29. The van der Waals surface area contributed by atoms with Gasteiger partial charge in [0.05, 0.1) is 12.2 Å². The van der Waals surface area contributed by atoms with Crippen molar-refractivity contribution in [2.45, 2.75) is 50.2 Å². The molecule has 0 aromatic heterocycles. The molecule has 0 bridgehead atoms. The first kappa shape index (κ1) is 17.1. The molecule has 4 atom stereocenters. The molecule has 4 heteroatoms. The minimum absolute atomic E-state index is 0.0121. The van der Waals surface area contributed by atoms with Crippen molar-refractivity contribution in [2.75, 3.05) is 0 Å².